The molecule has 43 valence electrons. The Labute approximate surface area is 51.7 Å². The van der Waals surface area contributed by atoms with Gasteiger partial charge in [0.1, 0.15) is 10.7 Å². The number of aromatic nitrogens is 2. The van der Waals surface area contributed by atoms with Crippen LogP contribution in [-0.2, 0) is 0 Å². The molecule has 8 heavy (non-hydrogen) atoms. The van der Waals surface area contributed by atoms with Gasteiger partial charge in [-0.15, -0.1) is 5.10 Å². The molecule has 0 spiro atoms. The van der Waals surface area contributed by atoms with E-state index in [1.54, 1.807) is 0 Å². The van der Waals surface area contributed by atoms with Crippen LogP contribution < -0.4 is 5.73 Å². The second kappa shape index (κ2) is 2.09. The van der Waals surface area contributed by atoms with E-state index in [9.17, 15) is 0 Å². The van der Waals surface area contributed by atoms with E-state index in [1.165, 1.54) is 11.5 Å². The van der Waals surface area contributed by atoms with Gasteiger partial charge in [0.2, 0.25) is 0 Å². The molecule has 0 aliphatic heterocycles. The third-order valence-corrected chi connectivity index (χ3v) is 1.38. The van der Waals surface area contributed by atoms with Crippen LogP contribution >= 0.6 is 11.5 Å². The Morgan fingerprint density at radius 3 is 2.75 bits per heavy atom. The second-order valence-electron chi connectivity index (χ2n) is 1.31. The summed E-state index contributed by atoms with van der Waals surface area (Å²) in [6.45, 7) is 1.88. The van der Waals surface area contributed by atoms with Crippen molar-refractivity contribution in [2.75, 3.05) is 5.73 Å². The number of nitrogens with two attached hydrogens (primary N) is 1. The molecule has 0 bridgehead atoms. The summed E-state index contributed by atoms with van der Waals surface area (Å²) in [5.74, 6) is 0. The van der Waals surface area contributed by atoms with Gasteiger partial charge in [0, 0.05) is 18.0 Å². The van der Waals surface area contributed by atoms with E-state index in [2.05, 4.69) is 9.59 Å². The molecule has 1 rings (SSSR count). The molecule has 4 heteroatoms. The van der Waals surface area contributed by atoms with Crippen molar-refractivity contribution in [3.05, 3.63) is 12.1 Å². The fraction of sp³-hybridized carbons (Fsp3) is 0.250. The van der Waals surface area contributed by atoms with Crippen LogP contribution in [0.3, 0.4) is 0 Å². The van der Waals surface area contributed by atoms with E-state index >= 15 is 0 Å². The number of hydrogen-bond acceptors (Lipinski definition) is 4. The van der Waals surface area contributed by atoms with E-state index < -0.39 is 0 Å². The molecule has 0 saturated heterocycles. The Kier molecular flexibility index (Phi) is 1.43. The molecule has 3 nitrogen and oxygen atoms in total. The molecule has 0 unspecified atom stereocenters. The highest BCUT2D eigenvalue weighted by atomic mass is 32.1. The van der Waals surface area contributed by atoms with Gasteiger partial charge in [-0.05, 0) is 0 Å². The van der Waals surface area contributed by atoms with Crippen molar-refractivity contribution in [2.45, 2.75) is 6.92 Å². The topological polar surface area (TPSA) is 51.8 Å². The highest BCUT2D eigenvalue weighted by Gasteiger charge is 1.98. The van der Waals surface area contributed by atoms with Crippen molar-refractivity contribution in [1.82, 2.24) is 9.59 Å². The lowest BCUT2D eigenvalue weighted by Gasteiger charge is -1.83. The number of nitrogens with zero attached hydrogens (tertiary/aromatic N) is 2. The molecule has 1 heterocycles. The maximum atomic E-state index is 5.41. The van der Waals surface area contributed by atoms with Gasteiger partial charge >= 0.3 is 0 Å². The lowest BCUT2D eigenvalue weighted by Crippen LogP contribution is -1.85. The lowest BCUT2D eigenvalue weighted by atomic mass is 10.4. The first-order valence-electron chi connectivity index (χ1n) is 2.22. The van der Waals surface area contributed by atoms with Gasteiger partial charge in [0.15, 0.2) is 0 Å². The molecule has 0 aromatic carbocycles. The first-order valence-corrected chi connectivity index (χ1v) is 2.99. The number of rotatable bonds is 1. The third kappa shape index (κ3) is 0.790. The summed E-state index contributed by atoms with van der Waals surface area (Å²) in [4.78, 5) is 0. The molecule has 0 saturated carbocycles. The Morgan fingerprint density at radius 2 is 2.50 bits per heavy atom. The zero-order chi connectivity index (χ0) is 5.98. The van der Waals surface area contributed by atoms with E-state index in [1.807, 2.05) is 13.3 Å². The standard InChI is InChI=1S/C4H6N3S/c1-2-3-4(5)8-7-6-3/h2H,5H2,1H3. The molecule has 1 aromatic heterocycles. The van der Waals surface area contributed by atoms with Gasteiger partial charge in [0.25, 0.3) is 0 Å². The van der Waals surface area contributed by atoms with Crippen molar-refractivity contribution in [1.29, 1.82) is 0 Å². The van der Waals surface area contributed by atoms with Crippen LogP contribution in [0.25, 0.3) is 0 Å². The minimum Gasteiger partial charge on any atom is -0.388 e. The molecule has 0 aliphatic carbocycles. The minimum atomic E-state index is 0.688. The highest BCUT2D eigenvalue weighted by molar-refractivity contribution is 7.09. The van der Waals surface area contributed by atoms with Gasteiger partial charge in [-0.25, -0.2) is 0 Å². The smallest absolute Gasteiger partial charge is 0.131 e. The fourth-order valence-electron chi connectivity index (χ4n) is 0.404. The van der Waals surface area contributed by atoms with Crippen molar-refractivity contribution >= 4 is 16.5 Å². The van der Waals surface area contributed by atoms with Gasteiger partial charge in [0.05, 0.1) is 0 Å². The molecule has 0 amide bonds. The lowest BCUT2D eigenvalue weighted by molar-refractivity contribution is 1.10. The largest absolute Gasteiger partial charge is 0.388 e. The van der Waals surface area contributed by atoms with Crippen LogP contribution in [0.1, 0.15) is 12.6 Å². The quantitative estimate of drug-likeness (QED) is 0.605. The summed E-state index contributed by atoms with van der Waals surface area (Å²) in [6, 6.07) is 0. The first kappa shape index (κ1) is 5.50. The van der Waals surface area contributed by atoms with Gasteiger partial charge in [-0.2, -0.15) is 0 Å². The summed E-state index contributed by atoms with van der Waals surface area (Å²) in [6.07, 6.45) is 1.83. The molecular formula is C4H6N3S. The van der Waals surface area contributed by atoms with Crippen molar-refractivity contribution in [2.24, 2.45) is 0 Å². The fourth-order valence-corrected chi connectivity index (χ4v) is 0.873. The summed E-state index contributed by atoms with van der Waals surface area (Å²) < 4.78 is 3.63. The van der Waals surface area contributed by atoms with Crippen molar-refractivity contribution in [3.8, 4) is 0 Å². The summed E-state index contributed by atoms with van der Waals surface area (Å²) >= 11 is 1.21. The SMILES string of the molecule is C[CH]c1nnsc1N. The van der Waals surface area contributed by atoms with E-state index in [0.717, 1.165) is 5.69 Å². The first-order chi connectivity index (χ1) is 3.84. The molecule has 0 atom stereocenters. The molecule has 1 radical (unpaired) electrons. The Balaban J connectivity index is 2.92. The summed E-state index contributed by atoms with van der Waals surface area (Å²) in [5, 5.41) is 4.41. The van der Waals surface area contributed by atoms with E-state index in [0.29, 0.717) is 5.00 Å². The van der Waals surface area contributed by atoms with Gasteiger partial charge < -0.3 is 5.73 Å². The zero-order valence-electron chi connectivity index (χ0n) is 4.46. The predicted octanol–water partition coefficient (Wildman–Crippen LogP) is 0.693. The second-order valence-corrected chi connectivity index (χ2v) is 2.10. The van der Waals surface area contributed by atoms with Crippen LogP contribution in [0.4, 0.5) is 5.00 Å². The Bertz CT molecular complexity index is 172. The maximum absolute atomic E-state index is 5.41. The maximum Gasteiger partial charge on any atom is 0.131 e. The Hall–Kier alpha value is -0.640. The summed E-state index contributed by atoms with van der Waals surface area (Å²) in [7, 11) is 0. The molecule has 2 N–H and O–H groups in total. The van der Waals surface area contributed by atoms with E-state index in [4.69, 9.17) is 5.73 Å². The van der Waals surface area contributed by atoms with Gasteiger partial charge in [-0.3, -0.25) is 0 Å². The number of anilines is 1. The predicted molar refractivity (Wildman–Crippen MR) is 33.4 cm³/mol. The third-order valence-electron chi connectivity index (χ3n) is 0.814. The van der Waals surface area contributed by atoms with E-state index in [-0.39, 0.29) is 0 Å². The van der Waals surface area contributed by atoms with Crippen LogP contribution in [0.15, 0.2) is 0 Å². The van der Waals surface area contributed by atoms with Crippen LogP contribution in [0.2, 0.25) is 0 Å². The number of nitrogen functional groups attached to an aromatic ring is 1. The van der Waals surface area contributed by atoms with Crippen molar-refractivity contribution < 1.29 is 0 Å². The zero-order valence-corrected chi connectivity index (χ0v) is 5.27. The van der Waals surface area contributed by atoms with Crippen LogP contribution in [-0.4, -0.2) is 9.59 Å². The molecule has 0 aliphatic rings. The average molecular weight is 128 g/mol. The molecule has 1 aromatic rings. The van der Waals surface area contributed by atoms with Crippen LogP contribution in [0, 0.1) is 6.42 Å². The molecule has 0 fully saturated rings. The Morgan fingerprint density at radius 1 is 1.75 bits per heavy atom. The minimum absolute atomic E-state index is 0.688. The normalized spacial score (nSPS) is 9.62. The van der Waals surface area contributed by atoms with Gasteiger partial charge in [-0.1, -0.05) is 11.4 Å². The number of hydrogen-bond donors (Lipinski definition) is 1. The average Bonchev–Trinajstić information content (AvgIpc) is 2.14. The van der Waals surface area contributed by atoms with Crippen LogP contribution in [0.5, 0.6) is 0 Å². The van der Waals surface area contributed by atoms with Crippen molar-refractivity contribution in [3.63, 3.8) is 0 Å². The molecular weight excluding hydrogens is 122 g/mol. The highest BCUT2D eigenvalue weighted by Crippen LogP contribution is 2.12. The summed E-state index contributed by atoms with van der Waals surface area (Å²) in [5.41, 5.74) is 6.20. The monoisotopic (exact) mass is 128 g/mol.